The first-order chi connectivity index (χ1) is 13.5. The normalized spacial score (nSPS) is 10.8. The van der Waals surface area contributed by atoms with Gasteiger partial charge in [-0.05, 0) is 23.6 Å². The molecule has 4 aromatic rings. The molecule has 2 N–H and O–H groups in total. The van der Waals surface area contributed by atoms with Crippen molar-refractivity contribution in [2.24, 2.45) is 0 Å². The molecule has 0 unspecified atom stereocenters. The van der Waals surface area contributed by atoms with E-state index < -0.39 is 0 Å². The van der Waals surface area contributed by atoms with Gasteiger partial charge in [-0.2, -0.15) is 0 Å². The average Bonchev–Trinajstić information content (AvgIpc) is 3.39. The third kappa shape index (κ3) is 3.35. The molecular formula is C19H20N6O2S. The van der Waals surface area contributed by atoms with Gasteiger partial charge >= 0.3 is 0 Å². The zero-order valence-electron chi connectivity index (χ0n) is 15.2. The first kappa shape index (κ1) is 17.8. The lowest BCUT2D eigenvalue weighted by Gasteiger charge is -2.10. The summed E-state index contributed by atoms with van der Waals surface area (Å²) in [5, 5.41) is 10.0. The maximum atomic E-state index is 12.0. The minimum absolute atomic E-state index is 0. The number of anilines is 1. The van der Waals surface area contributed by atoms with Gasteiger partial charge in [0, 0.05) is 28.1 Å². The molecule has 0 saturated heterocycles. The van der Waals surface area contributed by atoms with Crippen molar-refractivity contribution >= 4 is 23.1 Å². The van der Waals surface area contributed by atoms with Crippen molar-refractivity contribution in [1.82, 2.24) is 25.1 Å². The van der Waals surface area contributed by atoms with Crippen LogP contribution in [0.2, 0.25) is 0 Å². The number of amides is 1. The van der Waals surface area contributed by atoms with Crippen molar-refractivity contribution in [2.45, 2.75) is 0 Å². The summed E-state index contributed by atoms with van der Waals surface area (Å²) >= 11 is 1.50. The fraction of sp³-hybridized carbons (Fsp3) is 0.105. The number of aromatic nitrogens is 4. The number of nitrogen functional groups attached to an aromatic ring is 1. The van der Waals surface area contributed by atoms with E-state index in [4.69, 9.17) is 10.2 Å². The largest absolute Gasteiger partial charge is 0.414 e. The molecule has 3 aromatic heterocycles. The predicted octanol–water partition coefficient (Wildman–Crippen LogP) is 3.70. The SMILES string of the molecule is CN(C)C(=O)c1ccc(-c2cnc(N)c(-c3nnc(-c4cccs4)o3)n2)cc1.[HH].[HH]. The highest BCUT2D eigenvalue weighted by molar-refractivity contribution is 7.13. The summed E-state index contributed by atoms with van der Waals surface area (Å²) in [5.74, 6) is 0.741. The summed E-state index contributed by atoms with van der Waals surface area (Å²) in [4.78, 5) is 23.2. The molecule has 0 aliphatic rings. The van der Waals surface area contributed by atoms with Crippen LogP contribution < -0.4 is 5.73 Å². The Morgan fingerprint density at radius 2 is 1.89 bits per heavy atom. The second-order valence-corrected chi connectivity index (χ2v) is 7.10. The highest BCUT2D eigenvalue weighted by Crippen LogP contribution is 2.29. The van der Waals surface area contributed by atoms with Crippen LogP contribution in [0.5, 0.6) is 0 Å². The van der Waals surface area contributed by atoms with Crippen molar-refractivity contribution in [2.75, 3.05) is 19.8 Å². The molecule has 0 radical (unpaired) electrons. The van der Waals surface area contributed by atoms with E-state index in [1.165, 1.54) is 16.2 Å². The van der Waals surface area contributed by atoms with Gasteiger partial charge in [0.2, 0.25) is 0 Å². The molecule has 0 spiro atoms. The van der Waals surface area contributed by atoms with Crippen molar-refractivity contribution in [3.63, 3.8) is 0 Å². The van der Waals surface area contributed by atoms with Crippen molar-refractivity contribution in [3.8, 4) is 33.6 Å². The van der Waals surface area contributed by atoms with E-state index in [-0.39, 0.29) is 20.5 Å². The monoisotopic (exact) mass is 396 g/mol. The van der Waals surface area contributed by atoms with Gasteiger partial charge in [-0.15, -0.1) is 21.5 Å². The Morgan fingerprint density at radius 3 is 2.57 bits per heavy atom. The van der Waals surface area contributed by atoms with Crippen LogP contribution in [0.25, 0.3) is 33.6 Å². The van der Waals surface area contributed by atoms with E-state index in [9.17, 15) is 4.79 Å². The number of nitrogens with two attached hydrogens (primary N) is 1. The molecule has 144 valence electrons. The van der Waals surface area contributed by atoms with Crippen LogP contribution >= 0.6 is 11.3 Å². The molecule has 0 atom stereocenters. The Balaban J connectivity index is 0.00000160. The third-order valence-electron chi connectivity index (χ3n) is 3.99. The standard InChI is InChI=1S/C19H16N6O2S.2H2/c1-25(2)19(26)12-7-5-11(6-8-12)13-10-21-16(20)15(22-13)18-24-23-17(27-18)14-4-3-9-28-14;;/h3-10H,1-2H3,(H2,20,21);2*1H. The summed E-state index contributed by atoms with van der Waals surface area (Å²) in [5.41, 5.74) is 8.27. The lowest BCUT2D eigenvalue weighted by molar-refractivity contribution is 0.0827. The molecule has 0 fully saturated rings. The minimum Gasteiger partial charge on any atom is -0.414 e. The summed E-state index contributed by atoms with van der Waals surface area (Å²) < 4.78 is 5.72. The number of benzene rings is 1. The second kappa shape index (κ2) is 7.20. The Bertz CT molecular complexity index is 1130. The quantitative estimate of drug-likeness (QED) is 0.560. The zero-order chi connectivity index (χ0) is 19.7. The van der Waals surface area contributed by atoms with Crippen molar-refractivity contribution < 1.29 is 12.1 Å². The summed E-state index contributed by atoms with van der Waals surface area (Å²) in [6.45, 7) is 0. The molecule has 1 amide bonds. The highest BCUT2D eigenvalue weighted by Gasteiger charge is 2.17. The summed E-state index contributed by atoms with van der Waals surface area (Å²) in [6, 6.07) is 10.9. The van der Waals surface area contributed by atoms with E-state index in [1.807, 2.05) is 29.6 Å². The molecule has 3 heterocycles. The van der Waals surface area contributed by atoms with Gasteiger partial charge in [0.15, 0.2) is 11.5 Å². The lowest BCUT2D eigenvalue weighted by Crippen LogP contribution is -2.21. The van der Waals surface area contributed by atoms with Crippen LogP contribution in [0.15, 0.2) is 52.4 Å². The topological polar surface area (TPSA) is 111 Å². The molecule has 4 rings (SSSR count). The molecular weight excluding hydrogens is 376 g/mol. The van der Waals surface area contributed by atoms with Crippen LogP contribution in [-0.4, -0.2) is 45.1 Å². The van der Waals surface area contributed by atoms with Gasteiger partial charge in [0.25, 0.3) is 17.7 Å². The van der Waals surface area contributed by atoms with E-state index in [0.29, 0.717) is 22.8 Å². The Labute approximate surface area is 167 Å². The lowest BCUT2D eigenvalue weighted by atomic mass is 10.1. The molecule has 0 aliphatic carbocycles. The van der Waals surface area contributed by atoms with Crippen molar-refractivity contribution in [1.29, 1.82) is 0 Å². The highest BCUT2D eigenvalue weighted by atomic mass is 32.1. The number of hydrogen-bond donors (Lipinski definition) is 1. The van der Waals surface area contributed by atoms with Crippen LogP contribution in [0.4, 0.5) is 5.82 Å². The van der Waals surface area contributed by atoms with E-state index >= 15 is 0 Å². The Hall–Kier alpha value is -3.59. The van der Waals surface area contributed by atoms with Crippen LogP contribution in [-0.2, 0) is 0 Å². The van der Waals surface area contributed by atoms with Crippen LogP contribution in [0.3, 0.4) is 0 Å². The van der Waals surface area contributed by atoms with Gasteiger partial charge in [-0.1, -0.05) is 18.2 Å². The number of rotatable bonds is 4. The first-order valence-corrected chi connectivity index (χ1v) is 9.23. The minimum atomic E-state index is -0.0670. The molecule has 0 bridgehead atoms. The number of carbonyl (C=O) groups excluding carboxylic acids is 1. The van der Waals surface area contributed by atoms with Crippen LogP contribution in [0, 0.1) is 0 Å². The Kier molecular flexibility index (Phi) is 4.58. The summed E-state index contributed by atoms with van der Waals surface area (Å²) in [6.07, 6.45) is 1.57. The van der Waals surface area contributed by atoms with E-state index in [1.54, 1.807) is 32.4 Å². The summed E-state index contributed by atoms with van der Waals surface area (Å²) in [7, 11) is 3.42. The molecule has 1 aromatic carbocycles. The maximum Gasteiger partial charge on any atom is 0.270 e. The van der Waals surface area contributed by atoms with Gasteiger partial charge in [0.1, 0.15) is 0 Å². The third-order valence-corrected chi connectivity index (χ3v) is 4.85. The van der Waals surface area contributed by atoms with Gasteiger partial charge in [0.05, 0.1) is 16.8 Å². The second-order valence-electron chi connectivity index (χ2n) is 6.16. The molecule has 9 heteroatoms. The zero-order valence-corrected chi connectivity index (χ0v) is 16.0. The number of nitrogens with zero attached hydrogens (tertiary/aromatic N) is 5. The van der Waals surface area contributed by atoms with Gasteiger partial charge < -0.3 is 15.1 Å². The first-order valence-electron chi connectivity index (χ1n) is 8.35. The van der Waals surface area contributed by atoms with E-state index in [2.05, 4.69) is 20.2 Å². The number of hydrogen-bond acceptors (Lipinski definition) is 8. The number of thiophene rings is 1. The van der Waals surface area contributed by atoms with Gasteiger partial charge in [-0.25, -0.2) is 9.97 Å². The fourth-order valence-corrected chi connectivity index (χ4v) is 3.20. The predicted molar refractivity (Wildman–Crippen MR) is 111 cm³/mol. The van der Waals surface area contributed by atoms with Crippen LogP contribution in [0.1, 0.15) is 13.2 Å². The molecule has 28 heavy (non-hydrogen) atoms. The fourth-order valence-electron chi connectivity index (χ4n) is 2.56. The molecule has 0 saturated carbocycles. The Morgan fingerprint density at radius 1 is 1.14 bits per heavy atom. The smallest absolute Gasteiger partial charge is 0.270 e. The molecule has 0 aliphatic heterocycles. The maximum absolute atomic E-state index is 12.0. The van der Waals surface area contributed by atoms with Crippen molar-refractivity contribution in [3.05, 3.63) is 53.5 Å². The average molecular weight is 396 g/mol. The van der Waals surface area contributed by atoms with E-state index in [0.717, 1.165) is 10.4 Å². The number of carbonyl (C=O) groups is 1. The van der Waals surface area contributed by atoms with Gasteiger partial charge in [-0.3, -0.25) is 4.79 Å². The molecule has 8 nitrogen and oxygen atoms in total.